The Labute approximate surface area is 150 Å². The zero-order valence-electron chi connectivity index (χ0n) is 13.5. The molecule has 0 bridgehead atoms. The summed E-state index contributed by atoms with van der Waals surface area (Å²) in [5.41, 5.74) is 4.26. The van der Waals surface area contributed by atoms with Crippen LogP contribution in [0.25, 0.3) is 0 Å². The topological polar surface area (TPSA) is 75.6 Å². The molecule has 1 amide bonds. The highest BCUT2D eigenvalue weighted by Gasteiger charge is 2.13. The van der Waals surface area contributed by atoms with E-state index < -0.39 is 12.6 Å². The van der Waals surface area contributed by atoms with Crippen molar-refractivity contribution in [3.8, 4) is 5.75 Å². The minimum absolute atomic E-state index is 0.131. The zero-order valence-corrected chi connectivity index (χ0v) is 14.3. The third-order valence-electron chi connectivity index (χ3n) is 4.09. The van der Waals surface area contributed by atoms with Gasteiger partial charge in [-0.05, 0) is 54.2 Å². The number of anilines is 1. The van der Waals surface area contributed by atoms with Crippen LogP contribution in [0.15, 0.2) is 36.4 Å². The van der Waals surface area contributed by atoms with Gasteiger partial charge in [-0.15, -0.1) is 0 Å². The molecule has 0 heterocycles. The molecule has 6 heteroatoms. The molecule has 0 saturated heterocycles. The van der Waals surface area contributed by atoms with E-state index >= 15 is 0 Å². The molecular formula is C19H18ClNO4. The first kappa shape index (κ1) is 17.3. The Morgan fingerprint density at radius 1 is 1.12 bits per heavy atom. The van der Waals surface area contributed by atoms with Gasteiger partial charge in [-0.1, -0.05) is 29.8 Å². The van der Waals surface area contributed by atoms with Gasteiger partial charge in [-0.25, -0.2) is 4.79 Å². The number of carboxylic acid groups (broad SMARTS) is 1. The van der Waals surface area contributed by atoms with E-state index in [1.165, 1.54) is 23.6 Å². The average molecular weight is 360 g/mol. The molecule has 25 heavy (non-hydrogen) atoms. The van der Waals surface area contributed by atoms with Crippen molar-refractivity contribution in [2.24, 2.45) is 0 Å². The van der Waals surface area contributed by atoms with Crippen molar-refractivity contribution in [3.63, 3.8) is 0 Å². The summed E-state index contributed by atoms with van der Waals surface area (Å²) in [6, 6.07) is 10.9. The van der Waals surface area contributed by atoms with E-state index in [-0.39, 0.29) is 16.7 Å². The van der Waals surface area contributed by atoms with Crippen molar-refractivity contribution in [3.05, 3.63) is 58.1 Å². The lowest BCUT2D eigenvalue weighted by Gasteiger charge is -2.10. The van der Waals surface area contributed by atoms with Crippen LogP contribution in [0.5, 0.6) is 5.75 Å². The number of fused-ring (bicyclic) bond motifs is 1. The van der Waals surface area contributed by atoms with Crippen molar-refractivity contribution in [2.45, 2.75) is 25.7 Å². The second-order valence-corrected chi connectivity index (χ2v) is 6.42. The molecule has 0 aromatic heterocycles. The Balaban J connectivity index is 1.61. The third kappa shape index (κ3) is 4.51. The molecule has 1 aliphatic rings. The highest BCUT2D eigenvalue weighted by atomic mass is 35.5. The fourth-order valence-electron chi connectivity index (χ4n) is 2.96. The quantitative estimate of drug-likeness (QED) is 0.828. The summed E-state index contributed by atoms with van der Waals surface area (Å²) >= 11 is 6.05. The molecule has 0 unspecified atom stereocenters. The monoisotopic (exact) mass is 359 g/mol. The number of rotatable bonds is 6. The maximum atomic E-state index is 12.2. The largest absolute Gasteiger partial charge is 0.480 e. The maximum Gasteiger partial charge on any atom is 0.341 e. The van der Waals surface area contributed by atoms with Gasteiger partial charge in [0.25, 0.3) is 0 Å². The van der Waals surface area contributed by atoms with E-state index in [0.717, 1.165) is 18.4 Å². The van der Waals surface area contributed by atoms with Crippen LogP contribution in [0.1, 0.15) is 23.1 Å². The van der Waals surface area contributed by atoms with E-state index in [4.69, 9.17) is 21.4 Å². The average Bonchev–Trinajstić information content (AvgIpc) is 3.01. The summed E-state index contributed by atoms with van der Waals surface area (Å²) in [5.74, 6) is -0.948. The normalized spacial score (nSPS) is 12.5. The lowest BCUT2D eigenvalue weighted by Crippen LogP contribution is -2.14. The zero-order chi connectivity index (χ0) is 17.8. The van der Waals surface area contributed by atoms with Crippen molar-refractivity contribution in [1.29, 1.82) is 0 Å². The molecule has 5 nitrogen and oxygen atoms in total. The number of nitrogens with one attached hydrogen (secondary N) is 1. The van der Waals surface area contributed by atoms with Crippen LogP contribution < -0.4 is 10.1 Å². The van der Waals surface area contributed by atoms with Crippen molar-refractivity contribution in [2.75, 3.05) is 11.9 Å². The van der Waals surface area contributed by atoms with Gasteiger partial charge < -0.3 is 15.2 Å². The number of amides is 1. The number of hydrogen-bond acceptors (Lipinski definition) is 3. The van der Waals surface area contributed by atoms with Gasteiger partial charge in [0.15, 0.2) is 6.61 Å². The second-order valence-electron chi connectivity index (χ2n) is 6.01. The van der Waals surface area contributed by atoms with Crippen LogP contribution in [0, 0.1) is 0 Å². The highest BCUT2D eigenvalue weighted by molar-refractivity contribution is 6.32. The third-order valence-corrected chi connectivity index (χ3v) is 4.39. The SMILES string of the molecule is O=C(O)COc1ccc(NC(=O)Cc2ccc3c(c2)CCC3)cc1Cl. The smallest absolute Gasteiger partial charge is 0.341 e. The van der Waals surface area contributed by atoms with E-state index in [0.29, 0.717) is 12.1 Å². The Kier molecular flexibility index (Phi) is 5.24. The molecule has 1 aliphatic carbocycles. The first-order chi connectivity index (χ1) is 12.0. The molecule has 0 radical (unpaired) electrons. The van der Waals surface area contributed by atoms with Crippen LogP contribution in [0.4, 0.5) is 5.69 Å². The first-order valence-electron chi connectivity index (χ1n) is 8.06. The Morgan fingerprint density at radius 2 is 1.92 bits per heavy atom. The van der Waals surface area contributed by atoms with Gasteiger partial charge in [0, 0.05) is 5.69 Å². The number of ether oxygens (including phenoxy) is 1. The molecular weight excluding hydrogens is 342 g/mol. The summed E-state index contributed by atoms with van der Waals surface area (Å²) in [5, 5.41) is 11.7. The van der Waals surface area contributed by atoms with Gasteiger partial charge in [0.1, 0.15) is 5.75 Å². The van der Waals surface area contributed by atoms with E-state index in [9.17, 15) is 9.59 Å². The van der Waals surface area contributed by atoms with Crippen molar-refractivity contribution in [1.82, 2.24) is 0 Å². The standard InChI is InChI=1S/C19H18ClNO4/c20-16-10-15(6-7-17(16)25-11-19(23)24)21-18(22)9-12-4-5-13-2-1-3-14(13)8-12/h4-8,10H,1-3,9,11H2,(H,21,22)(H,23,24). The molecule has 2 N–H and O–H groups in total. The van der Waals surface area contributed by atoms with Gasteiger partial charge in [0.2, 0.25) is 5.91 Å². The first-order valence-corrected chi connectivity index (χ1v) is 8.44. The predicted octanol–water partition coefficient (Wildman–Crippen LogP) is 3.47. The van der Waals surface area contributed by atoms with Crippen molar-refractivity contribution >= 4 is 29.2 Å². The molecule has 0 spiro atoms. The molecule has 2 aromatic carbocycles. The summed E-state index contributed by atoms with van der Waals surface area (Å²) in [6.45, 7) is -0.468. The summed E-state index contributed by atoms with van der Waals surface area (Å²) in [4.78, 5) is 22.7. The second kappa shape index (κ2) is 7.57. The van der Waals surface area contributed by atoms with E-state index in [1.54, 1.807) is 12.1 Å². The number of carbonyl (C=O) groups excluding carboxylic acids is 1. The molecule has 0 saturated carbocycles. The Morgan fingerprint density at radius 3 is 2.68 bits per heavy atom. The van der Waals surface area contributed by atoms with Gasteiger partial charge in [-0.2, -0.15) is 0 Å². The molecule has 0 aliphatic heterocycles. The Hall–Kier alpha value is -2.53. The van der Waals surface area contributed by atoms with E-state index in [2.05, 4.69) is 17.4 Å². The number of aryl methyl sites for hydroxylation is 2. The lowest BCUT2D eigenvalue weighted by molar-refractivity contribution is -0.139. The van der Waals surface area contributed by atoms with Gasteiger partial charge >= 0.3 is 5.97 Å². The fraction of sp³-hybridized carbons (Fsp3) is 0.263. The fourth-order valence-corrected chi connectivity index (χ4v) is 3.20. The number of carboxylic acids is 1. The predicted molar refractivity (Wildman–Crippen MR) is 95.4 cm³/mol. The summed E-state index contributed by atoms with van der Waals surface area (Å²) < 4.78 is 5.05. The molecule has 2 aromatic rings. The summed E-state index contributed by atoms with van der Waals surface area (Å²) in [6.07, 6.45) is 3.68. The van der Waals surface area contributed by atoms with Gasteiger partial charge in [-0.3, -0.25) is 4.79 Å². The van der Waals surface area contributed by atoms with Crippen LogP contribution in [0.3, 0.4) is 0 Å². The lowest BCUT2D eigenvalue weighted by atomic mass is 10.0. The highest BCUT2D eigenvalue weighted by Crippen LogP contribution is 2.28. The minimum Gasteiger partial charge on any atom is -0.480 e. The van der Waals surface area contributed by atoms with Crippen LogP contribution in [-0.4, -0.2) is 23.6 Å². The number of benzene rings is 2. The number of hydrogen-bond donors (Lipinski definition) is 2. The Bertz CT molecular complexity index is 819. The molecule has 0 fully saturated rings. The molecule has 130 valence electrons. The number of aliphatic carboxylic acids is 1. The number of carbonyl (C=O) groups is 2. The van der Waals surface area contributed by atoms with E-state index in [1.807, 2.05) is 6.07 Å². The molecule has 0 atom stereocenters. The van der Waals surface area contributed by atoms with Gasteiger partial charge in [0.05, 0.1) is 11.4 Å². The molecule has 3 rings (SSSR count). The maximum absolute atomic E-state index is 12.2. The van der Waals surface area contributed by atoms with Crippen LogP contribution in [-0.2, 0) is 28.9 Å². The van der Waals surface area contributed by atoms with Crippen LogP contribution >= 0.6 is 11.6 Å². The minimum atomic E-state index is -1.08. The number of halogens is 1. The van der Waals surface area contributed by atoms with Crippen LogP contribution in [0.2, 0.25) is 5.02 Å². The summed E-state index contributed by atoms with van der Waals surface area (Å²) in [7, 11) is 0. The van der Waals surface area contributed by atoms with Crippen molar-refractivity contribution < 1.29 is 19.4 Å².